The van der Waals surface area contributed by atoms with Gasteiger partial charge >= 0.3 is 0 Å². The van der Waals surface area contributed by atoms with E-state index in [1.807, 2.05) is 33.0 Å². The molecule has 6 nitrogen and oxygen atoms in total. The van der Waals surface area contributed by atoms with Crippen molar-refractivity contribution in [1.82, 2.24) is 19.8 Å². The lowest BCUT2D eigenvalue weighted by molar-refractivity contribution is -0.136. The summed E-state index contributed by atoms with van der Waals surface area (Å²) in [7, 11) is 3.51. The van der Waals surface area contributed by atoms with Crippen molar-refractivity contribution in [3.05, 3.63) is 53.1 Å². The third kappa shape index (κ3) is 4.11. The minimum absolute atomic E-state index is 0.0747. The van der Waals surface area contributed by atoms with Crippen molar-refractivity contribution < 1.29 is 9.53 Å². The number of likely N-dealkylation sites (tertiary alicyclic amines) is 1. The first kappa shape index (κ1) is 19.3. The molecule has 27 heavy (non-hydrogen) atoms. The summed E-state index contributed by atoms with van der Waals surface area (Å²) in [6.07, 6.45) is 7.60. The first-order valence-electron chi connectivity index (χ1n) is 9.41. The zero-order valence-corrected chi connectivity index (χ0v) is 16.6. The van der Waals surface area contributed by atoms with Crippen molar-refractivity contribution >= 4 is 5.91 Å². The predicted octanol–water partition coefficient (Wildman–Crippen LogP) is 2.90. The van der Waals surface area contributed by atoms with E-state index in [1.54, 1.807) is 30.6 Å². The first-order chi connectivity index (χ1) is 13.0. The summed E-state index contributed by atoms with van der Waals surface area (Å²) in [6, 6.07) is 3.58. The lowest BCUT2D eigenvalue weighted by Crippen LogP contribution is -2.40. The molecule has 1 fully saturated rings. The van der Waals surface area contributed by atoms with Crippen molar-refractivity contribution in [3.63, 3.8) is 0 Å². The van der Waals surface area contributed by atoms with Crippen LogP contribution in [0.25, 0.3) is 0 Å². The number of amides is 1. The van der Waals surface area contributed by atoms with E-state index in [9.17, 15) is 4.79 Å². The van der Waals surface area contributed by atoms with E-state index in [-0.39, 0.29) is 11.9 Å². The molecular weight excluding hydrogens is 340 g/mol. The average molecular weight is 368 g/mol. The first-order valence-corrected chi connectivity index (χ1v) is 9.41. The van der Waals surface area contributed by atoms with Crippen LogP contribution in [0.1, 0.15) is 41.3 Å². The molecule has 0 unspecified atom stereocenters. The fourth-order valence-corrected chi connectivity index (χ4v) is 3.79. The van der Waals surface area contributed by atoms with Crippen LogP contribution < -0.4 is 4.74 Å². The number of aryl methyl sites for hydroxylation is 1. The predicted molar refractivity (Wildman–Crippen MR) is 105 cm³/mol. The van der Waals surface area contributed by atoms with Gasteiger partial charge in [-0.05, 0) is 51.4 Å². The number of hydrogen-bond acceptors (Lipinski definition) is 5. The quantitative estimate of drug-likeness (QED) is 0.785. The molecule has 0 aromatic carbocycles. The Morgan fingerprint density at radius 3 is 2.67 bits per heavy atom. The van der Waals surface area contributed by atoms with Gasteiger partial charge in [-0.25, -0.2) is 0 Å². The van der Waals surface area contributed by atoms with Crippen LogP contribution in [-0.2, 0) is 11.3 Å². The van der Waals surface area contributed by atoms with Crippen LogP contribution in [0.2, 0.25) is 0 Å². The molecule has 0 spiro atoms. The van der Waals surface area contributed by atoms with Gasteiger partial charge in [-0.2, -0.15) is 0 Å². The smallest absolute Gasteiger partial charge is 0.244 e. The van der Waals surface area contributed by atoms with Gasteiger partial charge in [0.15, 0.2) is 0 Å². The molecule has 6 heteroatoms. The van der Waals surface area contributed by atoms with Gasteiger partial charge in [0.25, 0.3) is 0 Å². The highest BCUT2D eigenvalue weighted by molar-refractivity contribution is 5.83. The number of aromatic nitrogens is 2. The number of ether oxygens (including phenoxy) is 1. The highest BCUT2D eigenvalue weighted by atomic mass is 16.5. The molecule has 0 N–H and O–H groups in total. The van der Waals surface area contributed by atoms with Gasteiger partial charge in [0.05, 0.1) is 19.3 Å². The Labute approximate surface area is 161 Å². The summed E-state index contributed by atoms with van der Waals surface area (Å²) in [5.41, 5.74) is 3.79. The van der Waals surface area contributed by atoms with Crippen molar-refractivity contribution in [3.8, 4) is 5.75 Å². The maximum Gasteiger partial charge on any atom is 0.244 e. The van der Waals surface area contributed by atoms with Crippen LogP contribution in [0.4, 0.5) is 0 Å². The molecule has 1 saturated heterocycles. The Morgan fingerprint density at radius 1 is 1.30 bits per heavy atom. The summed E-state index contributed by atoms with van der Waals surface area (Å²) in [5, 5.41) is 0. The normalized spacial score (nSPS) is 15.6. The van der Waals surface area contributed by atoms with Crippen LogP contribution in [0.5, 0.6) is 5.75 Å². The zero-order valence-electron chi connectivity index (χ0n) is 16.6. The Hall–Kier alpha value is -2.47. The highest BCUT2D eigenvalue weighted by Crippen LogP contribution is 2.28. The van der Waals surface area contributed by atoms with Gasteiger partial charge in [0.1, 0.15) is 11.8 Å². The molecule has 0 aliphatic carbocycles. The van der Waals surface area contributed by atoms with Crippen molar-refractivity contribution in [2.45, 2.75) is 39.3 Å². The number of carbonyl (C=O) groups excluding carboxylic acids is 1. The maximum absolute atomic E-state index is 13.4. The van der Waals surface area contributed by atoms with E-state index >= 15 is 0 Å². The summed E-state index contributed by atoms with van der Waals surface area (Å²) in [4.78, 5) is 26.1. The second kappa shape index (κ2) is 8.48. The number of pyridine rings is 2. The van der Waals surface area contributed by atoms with Gasteiger partial charge in [-0.15, -0.1) is 0 Å². The molecule has 1 atom stereocenters. The standard InChI is InChI=1S/C21H28N4O2/c1-15-12-23-18(16(2)20(15)27-4)14-24(3)21(26)19(25-10-5-6-11-25)17-8-7-9-22-13-17/h7-9,12-13,19H,5-6,10-11,14H2,1-4H3/t19-/m1/s1. The van der Waals surface area contributed by atoms with Crippen molar-refractivity contribution in [1.29, 1.82) is 0 Å². The molecular formula is C21H28N4O2. The molecule has 2 aromatic rings. The Morgan fingerprint density at radius 2 is 2.04 bits per heavy atom. The second-order valence-electron chi connectivity index (χ2n) is 7.17. The molecule has 0 bridgehead atoms. The molecule has 2 aromatic heterocycles. The Balaban J connectivity index is 1.84. The van der Waals surface area contributed by atoms with Gasteiger partial charge in [-0.1, -0.05) is 6.07 Å². The lowest BCUT2D eigenvalue weighted by atomic mass is 10.1. The van der Waals surface area contributed by atoms with E-state index in [0.29, 0.717) is 6.54 Å². The molecule has 3 rings (SSSR count). The molecule has 0 saturated carbocycles. The fourth-order valence-electron chi connectivity index (χ4n) is 3.79. The molecule has 3 heterocycles. The molecule has 0 radical (unpaired) electrons. The van der Waals surface area contributed by atoms with Crippen LogP contribution >= 0.6 is 0 Å². The van der Waals surface area contributed by atoms with Crippen molar-refractivity contribution in [2.24, 2.45) is 0 Å². The lowest BCUT2D eigenvalue weighted by Gasteiger charge is -2.30. The Kier molecular flexibility index (Phi) is 6.06. The van der Waals surface area contributed by atoms with Gasteiger partial charge in [0.2, 0.25) is 5.91 Å². The molecule has 1 aliphatic heterocycles. The van der Waals surface area contributed by atoms with E-state index in [2.05, 4.69) is 14.9 Å². The largest absolute Gasteiger partial charge is 0.496 e. The van der Waals surface area contributed by atoms with Gasteiger partial charge in [-0.3, -0.25) is 19.7 Å². The van der Waals surface area contributed by atoms with Gasteiger partial charge < -0.3 is 9.64 Å². The number of methoxy groups -OCH3 is 1. The monoisotopic (exact) mass is 368 g/mol. The molecule has 144 valence electrons. The van der Waals surface area contributed by atoms with Crippen LogP contribution in [0, 0.1) is 13.8 Å². The minimum atomic E-state index is -0.293. The molecule has 1 aliphatic rings. The number of likely N-dealkylation sites (N-methyl/N-ethyl adjacent to an activating group) is 1. The topological polar surface area (TPSA) is 58.6 Å². The van der Waals surface area contributed by atoms with Gasteiger partial charge in [0, 0.05) is 36.8 Å². The fraction of sp³-hybridized carbons (Fsp3) is 0.476. The SMILES string of the molecule is COc1c(C)cnc(CN(C)C(=O)[C@@H](c2cccnc2)N2CCCC2)c1C. The number of rotatable bonds is 6. The summed E-state index contributed by atoms with van der Waals surface area (Å²) in [6.45, 7) is 6.30. The zero-order chi connectivity index (χ0) is 19.4. The average Bonchev–Trinajstić information content (AvgIpc) is 3.19. The van der Waals surface area contributed by atoms with Crippen molar-refractivity contribution in [2.75, 3.05) is 27.2 Å². The Bertz CT molecular complexity index is 788. The third-order valence-corrected chi connectivity index (χ3v) is 5.25. The number of carbonyl (C=O) groups is 1. The van der Waals surface area contributed by atoms with E-state index < -0.39 is 0 Å². The van der Waals surface area contributed by atoms with E-state index in [0.717, 1.165) is 54.1 Å². The van der Waals surface area contributed by atoms with E-state index in [4.69, 9.17) is 4.74 Å². The second-order valence-corrected chi connectivity index (χ2v) is 7.17. The van der Waals surface area contributed by atoms with Crippen LogP contribution in [0.15, 0.2) is 30.7 Å². The third-order valence-electron chi connectivity index (χ3n) is 5.25. The summed E-state index contributed by atoms with van der Waals surface area (Å²) < 4.78 is 5.50. The number of nitrogens with zero attached hydrogens (tertiary/aromatic N) is 4. The number of hydrogen-bond donors (Lipinski definition) is 0. The highest BCUT2D eigenvalue weighted by Gasteiger charge is 2.32. The summed E-state index contributed by atoms with van der Waals surface area (Å²) in [5.74, 6) is 0.912. The maximum atomic E-state index is 13.4. The molecule has 1 amide bonds. The van der Waals surface area contributed by atoms with E-state index in [1.165, 1.54) is 0 Å². The van der Waals surface area contributed by atoms with Crippen LogP contribution in [-0.4, -0.2) is 52.9 Å². The minimum Gasteiger partial charge on any atom is -0.496 e. The summed E-state index contributed by atoms with van der Waals surface area (Å²) >= 11 is 0. The van der Waals surface area contributed by atoms with Crippen LogP contribution in [0.3, 0.4) is 0 Å².